The summed E-state index contributed by atoms with van der Waals surface area (Å²) in [5.74, 6) is 0.362. The van der Waals surface area contributed by atoms with E-state index in [0.717, 1.165) is 12.8 Å². The largest absolute Gasteiger partial charge is 0.441 e. The number of ketones is 1. The van der Waals surface area contributed by atoms with Gasteiger partial charge in [-0.05, 0) is 18.8 Å². The summed E-state index contributed by atoms with van der Waals surface area (Å²) in [7, 11) is 0. The molecule has 1 heterocycles. The Morgan fingerprint density at radius 3 is 2.57 bits per heavy atom. The second kappa shape index (κ2) is 3.98. The highest BCUT2D eigenvalue weighted by Gasteiger charge is 2.34. The van der Waals surface area contributed by atoms with Crippen molar-refractivity contribution in [1.82, 2.24) is 5.32 Å². The number of hydrogen-bond acceptors (Lipinski definition) is 3. The minimum atomic E-state index is -0.444. The molecule has 0 aromatic rings. The van der Waals surface area contributed by atoms with Gasteiger partial charge in [-0.3, -0.25) is 4.79 Å². The van der Waals surface area contributed by atoms with Crippen LogP contribution in [0.1, 0.15) is 32.1 Å². The minimum absolute atomic E-state index is 0.0245. The Morgan fingerprint density at radius 2 is 1.86 bits per heavy atom. The molecule has 1 unspecified atom stereocenters. The summed E-state index contributed by atoms with van der Waals surface area (Å²) in [6, 6.07) is -0.281. The molecule has 1 aliphatic heterocycles. The van der Waals surface area contributed by atoms with E-state index in [0.29, 0.717) is 5.92 Å². The zero-order valence-corrected chi connectivity index (χ0v) is 8.12. The van der Waals surface area contributed by atoms with Crippen molar-refractivity contribution < 1.29 is 14.3 Å². The standard InChI is InChI=1S/C10H15NO3/c12-8-6-14-10(13)11-9(8)7-4-2-1-3-5-7/h7,9H,1-6H2,(H,11,13). The number of ether oxygens (including phenoxy) is 1. The van der Waals surface area contributed by atoms with Gasteiger partial charge in [-0.1, -0.05) is 19.3 Å². The molecule has 1 saturated carbocycles. The Labute approximate surface area is 83.0 Å². The van der Waals surface area contributed by atoms with Gasteiger partial charge in [0.15, 0.2) is 12.4 Å². The molecule has 0 aromatic carbocycles. The zero-order valence-electron chi connectivity index (χ0n) is 8.12. The van der Waals surface area contributed by atoms with Crippen molar-refractivity contribution in [2.45, 2.75) is 38.1 Å². The highest BCUT2D eigenvalue weighted by atomic mass is 16.6. The Bertz CT molecular complexity index is 246. The number of Topliss-reactive ketones (excluding diaryl/α,β-unsaturated/α-hetero) is 1. The van der Waals surface area contributed by atoms with Gasteiger partial charge in [0.25, 0.3) is 0 Å². The van der Waals surface area contributed by atoms with E-state index < -0.39 is 6.09 Å². The van der Waals surface area contributed by atoms with Crippen LogP contribution in [0.2, 0.25) is 0 Å². The highest BCUT2D eigenvalue weighted by Crippen LogP contribution is 2.27. The Balaban J connectivity index is 1.99. The molecule has 0 spiro atoms. The molecule has 1 atom stereocenters. The number of hydrogen-bond donors (Lipinski definition) is 1. The van der Waals surface area contributed by atoms with Crippen molar-refractivity contribution in [3.05, 3.63) is 0 Å². The summed E-state index contributed by atoms with van der Waals surface area (Å²) in [6.07, 6.45) is 5.26. The summed E-state index contributed by atoms with van der Waals surface area (Å²) in [4.78, 5) is 22.5. The molecule has 1 N–H and O–H groups in total. The smallest absolute Gasteiger partial charge is 0.408 e. The van der Waals surface area contributed by atoms with Gasteiger partial charge in [0.05, 0.1) is 6.04 Å². The second-order valence-electron chi connectivity index (χ2n) is 4.06. The number of cyclic esters (lactones) is 1. The zero-order chi connectivity index (χ0) is 9.97. The van der Waals surface area contributed by atoms with Crippen molar-refractivity contribution in [2.24, 2.45) is 5.92 Å². The maximum atomic E-state index is 11.5. The number of rotatable bonds is 1. The molecule has 1 aliphatic carbocycles. The van der Waals surface area contributed by atoms with Gasteiger partial charge >= 0.3 is 6.09 Å². The van der Waals surface area contributed by atoms with Gasteiger partial charge in [0.2, 0.25) is 0 Å². The predicted octanol–water partition coefficient (Wildman–Crippen LogP) is 1.24. The van der Waals surface area contributed by atoms with E-state index in [1.165, 1.54) is 19.3 Å². The van der Waals surface area contributed by atoms with E-state index >= 15 is 0 Å². The molecule has 0 aromatic heterocycles. The lowest BCUT2D eigenvalue weighted by Crippen LogP contribution is -2.52. The first-order valence-electron chi connectivity index (χ1n) is 5.23. The van der Waals surface area contributed by atoms with Crippen molar-refractivity contribution in [3.8, 4) is 0 Å². The van der Waals surface area contributed by atoms with Crippen molar-refractivity contribution in [3.63, 3.8) is 0 Å². The summed E-state index contributed by atoms with van der Waals surface area (Å²) >= 11 is 0. The van der Waals surface area contributed by atoms with E-state index in [2.05, 4.69) is 10.1 Å². The van der Waals surface area contributed by atoms with E-state index in [1.54, 1.807) is 0 Å². The van der Waals surface area contributed by atoms with Crippen LogP contribution < -0.4 is 5.32 Å². The maximum Gasteiger partial charge on any atom is 0.408 e. The number of nitrogens with one attached hydrogen (secondary N) is 1. The molecular weight excluding hydrogens is 182 g/mol. The first-order chi connectivity index (χ1) is 6.77. The van der Waals surface area contributed by atoms with Crippen molar-refractivity contribution >= 4 is 11.9 Å². The SMILES string of the molecule is O=C1NC(C2CCCCC2)C(=O)CO1. The Morgan fingerprint density at radius 1 is 1.14 bits per heavy atom. The molecule has 4 nitrogen and oxygen atoms in total. The predicted molar refractivity (Wildman–Crippen MR) is 49.9 cm³/mol. The molecule has 1 saturated heterocycles. The van der Waals surface area contributed by atoms with Crippen LogP contribution in [0.3, 0.4) is 0 Å². The molecule has 78 valence electrons. The Kier molecular flexibility index (Phi) is 2.70. The van der Waals surface area contributed by atoms with Crippen LogP contribution in [0.5, 0.6) is 0 Å². The molecule has 0 bridgehead atoms. The van der Waals surface area contributed by atoms with E-state index in [4.69, 9.17) is 0 Å². The fourth-order valence-electron chi connectivity index (χ4n) is 2.32. The van der Waals surface area contributed by atoms with Crippen LogP contribution in [0.25, 0.3) is 0 Å². The van der Waals surface area contributed by atoms with Crippen LogP contribution in [0.15, 0.2) is 0 Å². The summed E-state index contributed by atoms with van der Waals surface area (Å²) in [6.45, 7) is -0.0486. The maximum absolute atomic E-state index is 11.5. The van der Waals surface area contributed by atoms with Gasteiger partial charge in [-0.15, -0.1) is 0 Å². The van der Waals surface area contributed by atoms with Crippen LogP contribution >= 0.6 is 0 Å². The van der Waals surface area contributed by atoms with Gasteiger partial charge < -0.3 is 10.1 Å². The molecule has 2 aliphatic rings. The first-order valence-corrected chi connectivity index (χ1v) is 5.23. The summed E-state index contributed by atoms with van der Waals surface area (Å²) < 4.78 is 4.61. The fourth-order valence-corrected chi connectivity index (χ4v) is 2.32. The third-order valence-corrected chi connectivity index (χ3v) is 3.09. The quantitative estimate of drug-likeness (QED) is 0.688. The van der Waals surface area contributed by atoms with E-state index in [-0.39, 0.29) is 18.4 Å². The average Bonchev–Trinajstić information content (AvgIpc) is 2.23. The van der Waals surface area contributed by atoms with Crippen LogP contribution in [-0.2, 0) is 9.53 Å². The lowest BCUT2D eigenvalue weighted by atomic mass is 9.82. The average molecular weight is 197 g/mol. The van der Waals surface area contributed by atoms with Crippen molar-refractivity contribution in [2.75, 3.05) is 6.61 Å². The lowest BCUT2D eigenvalue weighted by Gasteiger charge is -2.31. The highest BCUT2D eigenvalue weighted by molar-refractivity contribution is 5.92. The van der Waals surface area contributed by atoms with Crippen LogP contribution in [0.4, 0.5) is 4.79 Å². The Hall–Kier alpha value is -1.06. The summed E-state index contributed by atoms with van der Waals surface area (Å²) in [5, 5.41) is 2.63. The van der Waals surface area contributed by atoms with Gasteiger partial charge in [0, 0.05) is 0 Å². The monoisotopic (exact) mass is 197 g/mol. The molecule has 2 rings (SSSR count). The number of amides is 1. The lowest BCUT2D eigenvalue weighted by molar-refractivity contribution is -0.127. The normalized spacial score (nSPS) is 29.6. The van der Waals surface area contributed by atoms with Gasteiger partial charge in [0.1, 0.15) is 0 Å². The number of alkyl carbamates (subject to hydrolysis) is 1. The number of carbonyl (C=O) groups excluding carboxylic acids is 2. The van der Waals surface area contributed by atoms with Crippen molar-refractivity contribution in [1.29, 1.82) is 0 Å². The molecule has 1 amide bonds. The van der Waals surface area contributed by atoms with E-state index in [9.17, 15) is 9.59 Å². The van der Waals surface area contributed by atoms with Crippen LogP contribution in [-0.4, -0.2) is 24.5 Å². The van der Waals surface area contributed by atoms with Gasteiger partial charge in [-0.25, -0.2) is 4.79 Å². The first kappa shape index (κ1) is 9.49. The van der Waals surface area contributed by atoms with E-state index in [1.807, 2.05) is 0 Å². The fraction of sp³-hybridized carbons (Fsp3) is 0.800. The van der Waals surface area contributed by atoms with Gasteiger partial charge in [-0.2, -0.15) is 0 Å². The molecule has 2 fully saturated rings. The third-order valence-electron chi connectivity index (χ3n) is 3.09. The molecular formula is C10H15NO3. The molecule has 0 radical (unpaired) electrons. The summed E-state index contributed by atoms with van der Waals surface area (Å²) in [5.41, 5.74) is 0. The molecule has 14 heavy (non-hydrogen) atoms. The minimum Gasteiger partial charge on any atom is -0.441 e. The third kappa shape index (κ3) is 1.89. The number of carbonyl (C=O) groups is 2. The topological polar surface area (TPSA) is 55.4 Å². The molecule has 4 heteroatoms. The van der Waals surface area contributed by atoms with Crippen LogP contribution in [0, 0.1) is 5.92 Å². The second-order valence-corrected chi connectivity index (χ2v) is 4.06.